The molecule has 28 heavy (non-hydrogen) atoms. The molecule has 1 aliphatic rings. The van der Waals surface area contributed by atoms with E-state index >= 15 is 0 Å². The van der Waals surface area contributed by atoms with Crippen molar-refractivity contribution < 1.29 is 17.9 Å². The Morgan fingerprint density at radius 2 is 2.11 bits per heavy atom. The molecule has 0 amide bonds. The number of nitrogens with zero attached hydrogens (tertiary/aromatic N) is 2. The molecule has 0 radical (unpaired) electrons. The van der Waals surface area contributed by atoms with Crippen LogP contribution in [0.4, 0.5) is 13.2 Å². The zero-order valence-corrected chi connectivity index (χ0v) is 16.7. The fourth-order valence-electron chi connectivity index (χ4n) is 3.08. The van der Waals surface area contributed by atoms with Crippen molar-refractivity contribution in [3.05, 3.63) is 45.9 Å². The first kappa shape index (κ1) is 20.4. The SMILES string of the molecule is CCNC(=NCc1nc(C(F)(F)F)cs1)NC1CC(C)(C)Oc2ccccc21. The second kappa shape index (κ2) is 7.98. The van der Waals surface area contributed by atoms with Gasteiger partial charge in [0, 0.05) is 23.9 Å². The van der Waals surface area contributed by atoms with Crippen LogP contribution in [0.25, 0.3) is 0 Å². The molecule has 3 rings (SSSR count). The molecular formula is C19H23F3N4OS. The summed E-state index contributed by atoms with van der Waals surface area (Å²) >= 11 is 0.957. The summed E-state index contributed by atoms with van der Waals surface area (Å²) in [4.78, 5) is 8.06. The number of halogens is 3. The van der Waals surface area contributed by atoms with E-state index in [1.807, 2.05) is 45.0 Å². The third kappa shape index (κ3) is 4.95. The van der Waals surface area contributed by atoms with Gasteiger partial charge in [-0.1, -0.05) is 18.2 Å². The van der Waals surface area contributed by atoms with Crippen LogP contribution < -0.4 is 15.4 Å². The van der Waals surface area contributed by atoms with Gasteiger partial charge in [-0.15, -0.1) is 11.3 Å². The number of hydrogen-bond acceptors (Lipinski definition) is 4. The number of hydrogen-bond donors (Lipinski definition) is 2. The summed E-state index contributed by atoms with van der Waals surface area (Å²) in [7, 11) is 0. The van der Waals surface area contributed by atoms with E-state index < -0.39 is 11.9 Å². The highest BCUT2D eigenvalue weighted by Crippen LogP contribution is 2.39. The molecule has 9 heteroatoms. The van der Waals surface area contributed by atoms with E-state index in [0.29, 0.717) is 17.5 Å². The van der Waals surface area contributed by atoms with Crippen molar-refractivity contribution in [3.63, 3.8) is 0 Å². The molecule has 1 aliphatic heterocycles. The smallest absolute Gasteiger partial charge is 0.434 e. The first-order valence-corrected chi connectivity index (χ1v) is 9.90. The van der Waals surface area contributed by atoms with Crippen molar-refractivity contribution in [1.29, 1.82) is 0 Å². The lowest BCUT2D eigenvalue weighted by Crippen LogP contribution is -2.45. The number of rotatable bonds is 4. The number of thiazole rings is 1. The molecule has 1 unspecified atom stereocenters. The van der Waals surface area contributed by atoms with E-state index in [9.17, 15) is 13.2 Å². The minimum absolute atomic E-state index is 0.0280. The topological polar surface area (TPSA) is 58.5 Å². The van der Waals surface area contributed by atoms with Gasteiger partial charge in [0.05, 0.1) is 12.6 Å². The number of guanidine groups is 1. The Bertz CT molecular complexity index is 848. The van der Waals surface area contributed by atoms with Gasteiger partial charge in [0.25, 0.3) is 0 Å². The summed E-state index contributed by atoms with van der Waals surface area (Å²) in [6.45, 7) is 6.69. The second-order valence-electron chi connectivity index (χ2n) is 7.12. The van der Waals surface area contributed by atoms with Crippen LogP contribution in [0.5, 0.6) is 5.75 Å². The van der Waals surface area contributed by atoms with Crippen molar-refractivity contribution in [2.45, 2.75) is 51.6 Å². The monoisotopic (exact) mass is 412 g/mol. The highest BCUT2D eigenvalue weighted by Gasteiger charge is 2.35. The number of ether oxygens (including phenoxy) is 1. The van der Waals surface area contributed by atoms with E-state index in [-0.39, 0.29) is 18.2 Å². The van der Waals surface area contributed by atoms with Crippen molar-refractivity contribution in [1.82, 2.24) is 15.6 Å². The largest absolute Gasteiger partial charge is 0.487 e. The number of nitrogens with one attached hydrogen (secondary N) is 2. The molecule has 0 spiro atoms. The average molecular weight is 412 g/mol. The molecule has 5 nitrogen and oxygen atoms in total. The lowest BCUT2D eigenvalue weighted by atomic mass is 9.90. The minimum atomic E-state index is -4.43. The summed E-state index contributed by atoms with van der Waals surface area (Å²) < 4.78 is 44.2. The predicted octanol–water partition coefficient (Wildman–Crippen LogP) is 4.52. The molecular weight excluding hydrogens is 389 g/mol. The molecule has 2 aromatic rings. The Morgan fingerprint density at radius 3 is 2.79 bits per heavy atom. The van der Waals surface area contributed by atoms with E-state index in [1.54, 1.807) is 0 Å². The van der Waals surface area contributed by atoms with Crippen LogP contribution in [-0.2, 0) is 12.7 Å². The fourth-order valence-corrected chi connectivity index (χ4v) is 3.80. The number of alkyl halides is 3. The number of para-hydroxylation sites is 1. The summed E-state index contributed by atoms with van der Waals surface area (Å²) in [6.07, 6.45) is -3.71. The maximum Gasteiger partial charge on any atom is 0.434 e. The quantitative estimate of drug-likeness (QED) is 0.573. The molecule has 152 valence electrons. The zero-order chi connectivity index (χ0) is 20.4. The molecule has 0 saturated carbocycles. The van der Waals surface area contributed by atoms with Crippen LogP contribution in [0.3, 0.4) is 0 Å². The maximum absolute atomic E-state index is 12.7. The Morgan fingerprint density at radius 1 is 1.36 bits per heavy atom. The summed E-state index contributed by atoms with van der Waals surface area (Å²) in [5.41, 5.74) is -0.193. The molecule has 0 saturated heterocycles. The Labute approximate surface area is 166 Å². The van der Waals surface area contributed by atoms with Crippen molar-refractivity contribution in [2.75, 3.05) is 6.54 Å². The van der Waals surface area contributed by atoms with Gasteiger partial charge in [-0.3, -0.25) is 0 Å². The molecule has 1 aromatic carbocycles. The highest BCUT2D eigenvalue weighted by atomic mass is 32.1. The van der Waals surface area contributed by atoms with E-state index in [4.69, 9.17) is 4.74 Å². The first-order valence-electron chi connectivity index (χ1n) is 9.02. The Balaban J connectivity index is 1.77. The molecule has 0 bridgehead atoms. The molecule has 1 aromatic heterocycles. The molecule has 1 atom stereocenters. The number of aliphatic imine (C=N–C) groups is 1. The van der Waals surface area contributed by atoms with Gasteiger partial charge in [0.15, 0.2) is 11.7 Å². The van der Waals surface area contributed by atoms with Gasteiger partial charge in [-0.2, -0.15) is 13.2 Å². The van der Waals surface area contributed by atoms with Gasteiger partial charge >= 0.3 is 6.18 Å². The van der Waals surface area contributed by atoms with Crippen LogP contribution in [0.2, 0.25) is 0 Å². The maximum atomic E-state index is 12.7. The second-order valence-corrected chi connectivity index (χ2v) is 8.06. The minimum Gasteiger partial charge on any atom is -0.487 e. The van der Waals surface area contributed by atoms with E-state index in [2.05, 4.69) is 20.6 Å². The van der Waals surface area contributed by atoms with Gasteiger partial charge in [0.1, 0.15) is 16.4 Å². The van der Waals surface area contributed by atoms with Crippen molar-refractivity contribution in [3.8, 4) is 5.75 Å². The van der Waals surface area contributed by atoms with Crippen LogP contribution >= 0.6 is 11.3 Å². The van der Waals surface area contributed by atoms with Gasteiger partial charge < -0.3 is 15.4 Å². The Kier molecular flexibility index (Phi) is 5.83. The van der Waals surface area contributed by atoms with E-state index in [0.717, 1.165) is 34.5 Å². The Hall–Kier alpha value is -2.29. The standard InChI is InChI=1S/C19H23F3N4OS/c1-4-23-17(24-10-16-26-15(11-28-16)19(20,21)22)25-13-9-18(2,3)27-14-8-6-5-7-12(13)14/h5-8,11,13H,4,9-10H2,1-3H3,(H2,23,24,25). The zero-order valence-electron chi connectivity index (χ0n) is 15.9. The van der Waals surface area contributed by atoms with Gasteiger partial charge in [-0.05, 0) is 26.8 Å². The lowest BCUT2D eigenvalue weighted by Gasteiger charge is -2.38. The molecule has 2 N–H and O–H groups in total. The predicted molar refractivity (Wildman–Crippen MR) is 104 cm³/mol. The molecule has 0 fully saturated rings. The third-order valence-corrected chi connectivity index (χ3v) is 5.08. The normalized spacial score (nSPS) is 18.9. The van der Waals surface area contributed by atoms with Crippen LogP contribution in [0, 0.1) is 0 Å². The van der Waals surface area contributed by atoms with Gasteiger partial charge in [-0.25, -0.2) is 9.98 Å². The van der Waals surface area contributed by atoms with Crippen molar-refractivity contribution in [2.24, 2.45) is 4.99 Å². The molecule has 2 heterocycles. The van der Waals surface area contributed by atoms with E-state index in [1.165, 1.54) is 0 Å². The summed E-state index contributed by atoms with van der Waals surface area (Å²) in [6, 6.07) is 7.79. The van der Waals surface area contributed by atoms with Crippen molar-refractivity contribution >= 4 is 17.3 Å². The van der Waals surface area contributed by atoms with Crippen LogP contribution in [0.15, 0.2) is 34.6 Å². The number of aromatic nitrogens is 1. The first-order chi connectivity index (χ1) is 13.2. The third-order valence-electron chi connectivity index (χ3n) is 4.25. The van der Waals surface area contributed by atoms with Gasteiger partial charge in [0.2, 0.25) is 0 Å². The van der Waals surface area contributed by atoms with Crippen LogP contribution in [-0.4, -0.2) is 23.1 Å². The molecule has 0 aliphatic carbocycles. The van der Waals surface area contributed by atoms with Crippen LogP contribution in [0.1, 0.15) is 49.5 Å². The summed E-state index contributed by atoms with van der Waals surface area (Å²) in [5.74, 6) is 1.35. The average Bonchev–Trinajstić information content (AvgIpc) is 3.08. The summed E-state index contributed by atoms with van der Waals surface area (Å²) in [5, 5.41) is 7.87. The number of fused-ring (bicyclic) bond motifs is 1. The fraction of sp³-hybridized carbons (Fsp3) is 0.474. The number of benzene rings is 1. The lowest BCUT2D eigenvalue weighted by molar-refractivity contribution is -0.140. The highest BCUT2D eigenvalue weighted by molar-refractivity contribution is 7.09.